The summed E-state index contributed by atoms with van der Waals surface area (Å²) in [4.78, 5) is 2.16. The Kier molecular flexibility index (Phi) is 4.96. The van der Waals surface area contributed by atoms with E-state index in [1.807, 2.05) is 31.8 Å². The topological polar surface area (TPSA) is 79.7 Å². The van der Waals surface area contributed by atoms with Gasteiger partial charge in [0.1, 0.15) is 5.84 Å². The van der Waals surface area contributed by atoms with Crippen LogP contribution < -0.4 is 5.73 Å². The number of likely N-dealkylation sites (N-methyl/N-ethyl adjacent to an activating group) is 1. The van der Waals surface area contributed by atoms with Crippen molar-refractivity contribution in [3.63, 3.8) is 0 Å². The van der Waals surface area contributed by atoms with Crippen molar-refractivity contribution in [3.8, 4) is 0 Å². The first-order valence-electron chi connectivity index (χ1n) is 5.67. The monoisotopic (exact) mass is 239 g/mol. The predicted octanol–water partition coefficient (Wildman–Crippen LogP) is 0.277. The van der Waals surface area contributed by atoms with Crippen molar-refractivity contribution in [2.45, 2.75) is 13.3 Å². The normalized spacial score (nSPS) is 14.2. The van der Waals surface area contributed by atoms with Gasteiger partial charge in [0.15, 0.2) is 0 Å². The van der Waals surface area contributed by atoms with Gasteiger partial charge < -0.3 is 15.8 Å². The molecule has 0 radical (unpaired) electrons. The van der Waals surface area contributed by atoms with E-state index in [0.29, 0.717) is 0 Å². The fourth-order valence-corrected chi connectivity index (χ4v) is 1.70. The second-order valence-electron chi connectivity index (χ2n) is 4.38. The van der Waals surface area contributed by atoms with Crippen molar-refractivity contribution >= 4 is 5.84 Å². The molecule has 6 nitrogen and oxygen atoms in total. The van der Waals surface area contributed by atoms with Crippen molar-refractivity contribution in [2.75, 3.05) is 20.1 Å². The molecule has 0 bridgehead atoms. The smallest absolute Gasteiger partial charge is 0.143 e. The first-order chi connectivity index (χ1) is 8.04. The molecule has 0 saturated carbocycles. The van der Waals surface area contributed by atoms with E-state index in [0.717, 1.165) is 19.5 Å². The molecule has 0 aliphatic carbocycles. The Morgan fingerprint density at radius 2 is 2.41 bits per heavy atom. The molecule has 1 atom stereocenters. The highest BCUT2D eigenvalue weighted by atomic mass is 16.4. The first kappa shape index (κ1) is 13.5. The van der Waals surface area contributed by atoms with Gasteiger partial charge in [0.05, 0.1) is 0 Å². The number of nitrogens with zero attached hydrogens (tertiary/aromatic N) is 4. The fourth-order valence-electron chi connectivity index (χ4n) is 1.70. The fraction of sp³-hybridized carbons (Fsp3) is 0.636. The quantitative estimate of drug-likeness (QED) is 0.323. The van der Waals surface area contributed by atoms with Gasteiger partial charge in [-0.2, -0.15) is 5.10 Å². The molecular formula is C11H21N5O. The lowest BCUT2D eigenvalue weighted by Gasteiger charge is -2.20. The summed E-state index contributed by atoms with van der Waals surface area (Å²) in [6, 6.07) is 2.01. The van der Waals surface area contributed by atoms with E-state index in [1.165, 1.54) is 5.69 Å². The maximum absolute atomic E-state index is 8.57. The Morgan fingerprint density at radius 1 is 1.71 bits per heavy atom. The molecule has 0 saturated heterocycles. The van der Waals surface area contributed by atoms with Crippen LogP contribution in [0, 0.1) is 5.92 Å². The summed E-state index contributed by atoms with van der Waals surface area (Å²) in [5.41, 5.74) is 6.74. The van der Waals surface area contributed by atoms with Crippen molar-refractivity contribution in [3.05, 3.63) is 18.0 Å². The molecule has 1 heterocycles. The van der Waals surface area contributed by atoms with Crippen LogP contribution in [0.3, 0.4) is 0 Å². The highest BCUT2D eigenvalue weighted by molar-refractivity contribution is 5.82. The maximum Gasteiger partial charge on any atom is 0.143 e. The zero-order chi connectivity index (χ0) is 12.8. The molecule has 0 fully saturated rings. The highest BCUT2D eigenvalue weighted by Gasteiger charge is 2.11. The lowest BCUT2D eigenvalue weighted by molar-refractivity contribution is 0.295. The van der Waals surface area contributed by atoms with Crippen LogP contribution in [0.2, 0.25) is 0 Å². The zero-order valence-corrected chi connectivity index (χ0v) is 10.7. The molecule has 96 valence electrons. The Morgan fingerprint density at radius 3 is 2.94 bits per heavy atom. The average molecular weight is 239 g/mol. The number of rotatable bonds is 6. The summed E-state index contributed by atoms with van der Waals surface area (Å²) in [5, 5.41) is 15.7. The van der Waals surface area contributed by atoms with Crippen LogP contribution in [0.25, 0.3) is 0 Å². The van der Waals surface area contributed by atoms with E-state index in [-0.39, 0.29) is 11.8 Å². The third-order valence-electron chi connectivity index (χ3n) is 2.88. The molecule has 0 amide bonds. The van der Waals surface area contributed by atoms with Crippen molar-refractivity contribution in [1.82, 2.24) is 14.7 Å². The summed E-state index contributed by atoms with van der Waals surface area (Å²) in [7, 11) is 3.96. The second kappa shape index (κ2) is 6.24. The molecule has 3 N–H and O–H groups in total. The summed E-state index contributed by atoms with van der Waals surface area (Å²) in [6.07, 6.45) is 2.74. The summed E-state index contributed by atoms with van der Waals surface area (Å²) in [6.45, 7) is 3.63. The average Bonchev–Trinajstić information content (AvgIpc) is 2.71. The molecule has 6 heteroatoms. The minimum Gasteiger partial charge on any atom is -0.409 e. The minimum atomic E-state index is 0.0523. The summed E-state index contributed by atoms with van der Waals surface area (Å²) < 4.78 is 1.88. The number of hydrogen-bond donors (Lipinski definition) is 2. The Balaban J connectivity index is 2.35. The van der Waals surface area contributed by atoms with E-state index >= 15 is 0 Å². The Hall–Kier alpha value is -1.56. The number of oxime groups is 1. The zero-order valence-electron chi connectivity index (χ0n) is 10.7. The third kappa shape index (κ3) is 4.07. The van der Waals surface area contributed by atoms with E-state index in [9.17, 15) is 0 Å². The van der Waals surface area contributed by atoms with Crippen molar-refractivity contribution in [2.24, 2.45) is 23.9 Å². The summed E-state index contributed by atoms with van der Waals surface area (Å²) >= 11 is 0. The van der Waals surface area contributed by atoms with Crippen LogP contribution in [0.4, 0.5) is 0 Å². The first-order valence-corrected chi connectivity index (χ1v) is 5.67. The lowest BCUT2D eigenvalue weighted by atomic mass is 10.1. The van der Waals surface area contributed by atoms with E-state index < -0.39 is 0 Å². The predicted molar refractivity (Wildman–Crippen MR) is 67.0 cm³/mol. The molecule has 1 unspecified atom stereocenters. The van der Waals surface area contributed by atoms with Crippen LogP contribution >= 0.6 is 0 Å². The third-order valence-corrected chi connectivity index (χ3v) is 2.88. The van der Waals surface area contributed by atoms with Crippen LogP contribution in [0.1, 0.15) is 12.6 Å². The Bertz CT molecular complexity index is 374. The van der Waals surface area contributed by atoms with Crippen LogP contribution in [-0.4, -0.2) is 45.9 Å². The molecule has 17 heavy (non-hydrogen) atoms. The van der Waals surface area contributed by atoms with E-state index in [1.54, 1.807) is 6.20 Å². The van der Waals surface area contributed by atoms with E-state index in [4.69, 9.17) is 10.9 Å². The Labute approximate surface area is 102 Å². The molecule has 0 aliphatic heterocycles. The van der Waals surface area contributed by atoms with Gasteiger partial charge in [0.2, 0.25) is 0 Å². The lowest BCUT2D eigenvalue weighted by Crippen LogP contribution is -2.33. The molecule has 0 aliphatic rings. The molecule has 1 aromatic rings. The van der Waals surface area contributed by atoms with Crippen molar-refractivity contribution < 1.29 is 5.21 Å². The van der Waals surface area contributed by atoms with Crippen molar-refractivity contribution in [1.29, 1.82) is 0 Å². The van der Waals surface area contributed by atoms with Gasteiger partial charge in [0, 0.05) is 44.4 Å². The van der Waals surface area contributed by atoms with Gasteiger partial charge >= 0.3 is 0 Å². The van der Waals surface area contributed by atoms with Crippen LogP contribution in [0.15, 0.2) is 17.4 Å². The number of aryl methyl sites for hydroxylation is 1. The highest BCUT2D eigenvalue weighted by Crippen LogP contribution is 2.02. The van der Waals surface area contributed by atoms with Crippen LogP contribution in [-0.2, 0) is 13.5 Å². The molecule has 0 aromatic carbocycles. The number of aromatic nitrogens is 2. The van der Waals surface area contributed by atoms with Gasteiger partial charge in [0.25, 0.3) is 0 Å². The second-order valence-corrected chi connectivity index (χ2v) is 4.38. The van der Waals surface area contributed by atoms with E-state index in [2.05, 4.69) is 15.2 Å². The molecule has 0 spiro atoms. The van der Waals surface area contributed by atoms with Gasteiger partial charge in [-0.1, -0.05) is 12.1 Å². The van der Waals surface area contributed by atoms with Gasteiger partial charge in [-0.25, -0.2) is 0 Å². The maximum atomic E-state index is 8.57. The van der Waals surface area contributed by atoms with Crippen LogP contribution in [0.5, 0.6) is 0 Å². The number of amidine groups is 1. The molecule has 1 aromatic heterocycles. The molecule has 1 rings (SSSR count). The van der Waals surface area contributed by atoms with Gasteiger partial charge in [-0.05, 0) is 13.1 Å². The van der Waals surface area contributed by atoms with Gasteiger partial charge in [-0.3, -0.25) is 4.68 Å². The molecular weight excluding hydrogens is 218 g/mol. The largest absolute Gasteiger partial charge is 0.409 e. The SMILES string of the molecule is CC(CN(C)CCc1ccnn1C)C(N)=NO. The minimum absolute atomic E-state index is 0.0523. The summed E-state index contributed by atoms with van der Waals surface area (Å²) in [5.74, 6) is 0.328. The van der Waals surface area contributed by atoms with Gasteiger partial charge in [-0.15, -0.1) is 0 Å². The standard InChI is InChI=1S/C11H21N5O/c1-9(11(12)14-17)8-15(2)7-5-10-4-6-13-16(10)3/h4,6,9,17H,5,7-8H2,1-3H3,(H2,12,14). The number of hydrogen-bond acceptors (Lipinski definition) is 4. The number of nitrogens with two attached hydrogens (primary N) is 1.